The number of amides is 2. The van der Waals surface area contributed by atoms with Gasteiger partial charge in [-0.25, -0.2) is 0 Å². The quantitative estimate of drug-likeness (QED) is 0.755. The third-order valence-electron chi connectivity index (χ3n) is 3.71. The Morgan fingerprint density at radius 3 is 2.54 bits per heavy atom. The van der Waals surface area contributed by atoms with E-state index in [1.165, 1.54) is 13.4 Å². The molecule has 2 rings (SSSR count). The van der Waals surface area contributed by atoms with E-state index in [0.717, 1.165) is 0 Å². The Hall–Kier alpha value is -2.96. The zero-order chi connectivity index (χ0) is 19.1. The Kier molecular flexibility index (Phi) is 6.66. The van der Waals surface area contributed by atoms with Gasteiger partial charge in [0, 0.05) is 11.8 Å². The summed E-state index contributed by atoms with van der Waals surface area (Å²) in [6, 6.07) is 7.56. The number of methoxy groups -OCH3 is 1. The van der Waals surface area contributed by atoms with Crippen LogP contribution in [0, 0.1) is 5.92 Å². The van der Waals surface area contributed by atoms with Crippen LogP contribution in [0.1, 0.15) is 31.3 Å². The molecule has 0 unspecified atom stereocenters. The molecule has 140 valence electrons. The average Bonchev–Trinajstić information content (AvgIpc) is 3.15. The van der Waals surface area contributed by atoms with Crippen LogP contribution in [0.3, 0.4) is 0 Å². The third-order valence-corrected chi connectivity index (χ3v) is 3.71. The van der Waals surface area contributed by atoms with Gasteiger partial charge >= 0.3 is 0 Å². The first-order valence-electron chi connectivity index (χ1n) is 8.42. The predicted octanol–water partition coefficient (Wildman–Crippen LogP) is 3.08. The molecule has 1 aromatic heterocycles. The maximum absolute atomic E-state index is 12.6. The SMILES string of the molecule is CCOc1ccc(NC(=O)[C@@H](NC(=O)c2ccco2)C(C)C)cc1OC. The zero-order valence-corrected chi connectivity index (χ0v) is 15.4. The van der Waals surface area contributed by atoms with Crippen molar-refractivity contribution in [2.75, 3.05) is 19.0 Å². The molecule has 0 spiro atoms. The monoisotopic (exact) mass is 360 g/mol. The van der Waals surface area contributed by atoms with Crippen molar-refractivity contribution >= 4 is 17.5 Å². The molecule has 1 heterocycles. The molecule has 7 heteroatoms. The summed E-state index contributed by atoms with van der Waals surface area (Å²) in [6.45, 7) is 6.09. The molecule has 2 aromatic rings. The number of furan rings is 1. The lowest BCUT2D eigenvalue weighted by atomic mass is 10.0. The highest BCUT2D eigenvalue weighted by molar-refractivity contribution is 6.00. The molecule has 0 saturated carbocycles. The van der Waals surface area contributed by atoms with Gasteiger partial charge in [0.15, 0.2) is 17.3 Å². The van der Waals surface area contributed by atoms with Crippen LogP contribution in [-0.4, -0.2) is 31.6 Å². The zero-order valence-electron chi connectivity index (χ0n) is 15.4. The Balaban J connectivity index is 2.11. The Morgan fingerprint density at radius 2 is 1.96 bits per heavy atom. The molecule has 0 saturated heterocycles. The third kappa shape index (κ3) is 4.78. The van der Waals surface area contributed by atoms with E-state index in [-0.39, 0.29) is 17.6 Å². The van der Waals surface area contributed by atoms with E-state index >= 15 is 0 Å². The van der Waals surface area contributed by atoms with Gasteiger partial charge in [0.2, 0.25) is 5.91 Å². The number of rotatable bonds is 8. The van der Waals surface area contributed by atoms with Crippen LogP contribution >= 0.6 is 0 Å². The minimum absolute atomic E-state index is 0.112. The number of ether oxygens (including phenoxy) is 2. The van der Waals surface area contributed by atoms with Crippen molar-refractivity contribution in [1.82, 2.24) is 5.32 Å². The van der Waals surface area contributed by atoms with Gasteiger partial charge in [-0.15, -0.1) is 0 Å². The number of anilines is 1. The molecule has 1 atom stereocenters. The predicted molar refractivity (Wildman–Crippen MR) is 97.6 cm³/mol. The van der Waals surface area contributed by atoms with Gasteiger partial charge in [-0.1, -0.05) is 13.8 Å². The molecule has 0 fully saturated rings. The van der Waals surface area contributed by atoms with Crippen molar-refractivity contribution < 1.29 is 23.5 Å². The second-order valence-corrected chi connectivity index (χ2v) is 5.96. The summed E-state index contributed by atoms with van der Waals surface area (Å²) in [5.74, 6) is 0.397. The van der Waals surface area contributed by atoms with Crippen molar-refractivity contribution in [3.8, 4) is 11.5 Å². The second-order valence-electron chi connectivity index (χ2n) is 5.96. The summed E-state index contributed by atoms with van der Waals surface area (Å²) >= 11 is 0. The molecule has 2 N–H and O–H groups in total. The Morgan fingerprint density at radius 1 is 1.19 bits per heavy atom. The molecule has 0 radical (unpaired) electrons. The molecule has 2 amide bonds. The molecule has 0 aliphatic heterocycles. The summed E-state index contributed by atoms with van der Waals surface area (Å²) in [7, 11) is 1.53. The number of carbonyl (C=O) groups is 2. The first-order valence-corrected chi connectivity index (χ1v) is 8.42. The van der Waals surface area contributed by atoms with Gasteiger partial charge < -0.3 is 24.5 Å². The van der Waals surface area contributed by atoms with E-state index in [0.29, 0.717) is 23.8 Å². The van der Waals surface area contributed by atoms with Gasteiger partial charge in [-0.3, -0.25) is 9.59 Å². The number of nitrogens with one attached hydrogen (secondary N) is 2. The van der Waals surface area contributed by atoms with E-state index in [4.69, 9.17) is 13.9 Å². The van der Waals surface area contributed by atoms with Crippen LogP contribution in [0.5, 0.6) is 11.5 Å². The highest BCUT2D eigenvalue weighted by atomic mass is 16.5. The maximum atomic E-state index is 12.6. The summed E-state index contributed by atoms with van der Waals surface area (Å²) in [5, 5.41) is 5.50. The molecule has 7 nitrogen and oxygen atoms in total. The van der Waals surface area contributed by atoms with Crippen molar-refractivity contribution in [2.24, 2.45) is 5.92 Å². The standard InChI is InChI=1S/C19H24N2O5/c1-5-25-14-9-8-13(11-16(14)24-4)20-19(23)17(12(2)3)21-18(22)15-7-6-10-26-15/h6-12,17H,5H2,1-4H3,(H,20,23)(H,21,22)/t17-/m0/s1. The van der Waals surface area contributed by atoms with Crippen LogP contribution < -0.4 is 20.1 Å². The molecular formula is C19H24N2O5. The van der Waals surface area contributed by atoms with Gasteiger partial charge in [0.05, 0.1) is 20.0 Å². The van der Waals surface area contributed by atoms with E-state index in [1.807, 2.05) is 20.8 Å². The van der Waals surface area contributed by atoms with E-state index in [1.54, 1.807) is 30.3 Å². The normalized spacial score (nSPS) is 11.7. The van der Waals surface area contributed by atoms with Crippen LogP contribution in [0.2, 0.25) is 0 Å². The van der Waals surface area contributed by atoms with Crippen LogP contribution in [0.25, 0.3) is 0 Å². The summed E-state index contributed by atoms with van der Waals surface area (Å²) in [6.07, 6.45) is 1.41. The highest BCUT2D eigenvalue weighted by Crippen LogP contribution is 2.30. The van der Waals surface area contributed by atoms with Crippen molar-refractivity contribution in [3.63, 3.8) is 0 Å². The smallest absolute Gasteiger partial charge is 0.287 e. The molecule has 0 bridgehead atoms. The first kappa shape index (κ1) is 19.4. The summed E-state index contributed by atoms with van der Waals surface area (Å²) < 4.78 is 15.8. The number of benzene rings is 1. The van der Waals surface area contributed by atoms with Crippen LogP contribution in [0.4, 0.5) is 5.69 Å². The second kappa shape index (κ2) is 8.94. The maximum Gasteiger partial charge on any atom is 0.287 e. The van der Waals surface area contributed by atoms with Crippen molar-refractivity contribution in [1.29, 1.82) is 0 Å². The largest absolute Gasteiger partial charge is 0.493 e. The minimum Gasteiger partial charge on any atom is -0.493 e. The molecule has 0 aliphatic carbocycles. The van der Waals surface area contributed by atoms with Gasteiger partial charge in [-0.2, -0.15) is 0 Å². The fourth-order valence-corrected chi connectivity index (χ4v) is 2.40. The lowest BCUT2D eigenvalue weighted by molar-refractivity contribution is -0.118. The lowest BCUT2D eigenvalue weighted by Crippen LogP contribution is -2.47. The first-order chi connectivity index (χ1) is 12.5. The Bertz CT molecular complexity index is 740. The van der Waals surface area contributed by atoms with Crippen LogP contribution in [-0.2, 0) is 4.79 Å². The van der Waals surface area contributed by atoms with Crippen molar-refractivity contribution in [3.05, 3.63) is 42.4 Å². The Labute approximate surface area is 152 Å². The number of hydrogen-bond acceptors (Lipinski definition) is 5. The van der Waals surface area contributed by atoms with Gasteiger partial charge in [0.25, 0.3) is 5.91 Å². The van der Waals surface area contributed by atoms with Gasteiger partial charge in [-0.05, 0) is 37.1 Å². The van der Waals surface area contributed by atoms with Crippen molar-refractivity contribution in [2.45, 2.75) is 26.8 Å². The summed E-state index contributed by atoms with van der Waals surface area (Å²) in [4.78, 5) is 24.8. The summed E-state index contributed by atoms with van der Waals surface area (Å²) in [5.41, 5.74) is 0.549. The molecule has 0 aliphatic rings. The van der Waals surface area contributed by atoms with E-state index < -0.39 is 11.9 Å². The average molecular weight is 360 g/mol. The van der Waals surface area contributed by atoms with E-state index in [9.17, 15) is 9.59 Å². The van der Waals surface area contributed by atoms with E-state index in [2.05, 4.69) is 10.6 Å². The number of carbonyl (C=O) groups excluding carboxylic acids is 2. The molecule has 26 heavy (non-hydrogen) atoms. The minimum atomic E-state index is -0.717. The highest BCUT2D eigenvalue weighted by Gasteiger charge is 2.26. The van der Waals surface area contributed by atoms with Crippen LogP contribution in [0.15, 0.2) is 41.0 Å². The topological polar surface area (TPSA) is 89.8 Å². The molecule has 1 aromatic carbocycles. The fraction of sp³-hybridized carbons (Fsp3) is 0.368. The fourth-order valence-electron chi connectivity index (χ4n) is 2.40. The number of hydrogen-bond donors (Lipinski definition) is 2. The van der Waals surface area contributed by atoms with Gasteiger partial charge in [0.1, 0.15) is 6.04 Å². The lowest BCUT2D eigenvalue weighted by Gasteiger charge is -2.21. The molecular weight excluding hydrogens is 336 g/mol.